The maximum atomic E-state index is 11.5. The third-order valence-corrected chi connectivity index (χ3v) is 2.38. The number of nitrogens with one attached hydrogen (secondary N) is 1. The van der Waals surface area contributed by atoms with Crippen molar-refractivity contribution in [2.24, 2.45) is 0 Å². The number of likely N-dealkylation sites (N-methyl/N-ethyl adjacent to an activating group) is 1. The largest absolute Gasteiger partial charge is 0.463 e. The van der Waals surface area contributed by atoms with Crippen molar-refractivity contribution in [3.8, 4) is 0 Å². The number of hydrogen-bond acceptors (Lipinski definition) is 4. The average Bonchev–Trinajstić information content (AvgIpc) is 3.01. The molecule has 5 heteroatoms. The molecule has 1 aliphatic carbocycles. The van der Waals surface area contributed by atoms with E-state index in [0.29, 0.717) is 24.8 Å². The van der Waals surface area contributed by atoms with Crippen molar-refractivity contribution in [1.82, 2.24) is 10.2 Å². The molecule has 0 atom stereocenters. The Kier molecular flexibility index (Phi) is 5.15. The number of carbonyl (C=O) groups excluding carboxylic acids is 2. The SMILES string of the molecule is C=C(CN(C)CC(=O)NC1CC1)C(=O)OCC. The van der Waals surface area contributed by atoms with Crippen LogP contribution in [0.15, 0.2) is 12.2 Å². The van der Waals surface area contributed by atoms with Crippen LogP contribution in [-0.2, 0) is 14.3 Å². The molecule has 0 aromatic heterocycles. The van der Waals surface area contributed by atoms with Gasteiger partial charge in [-0.3, -0.25) is 9.69 Å². The van der Waals surface area contributed by atoms with E-state index in [9.17, 15) is 9.59 Å². The smallest absolute Gasteiger partial charge is 0.334 e. The second-order valence-electron chi connectivity index (χ2n) is 4.34. The monoisotopic (exact) mass is 240 g/mol. The Morgan fingerprint density at radius 3 is 2.59 bits per heavy atom. The molecule has 1 N–H and O–H groups in total. The minimum Gasteiger partial charge on any atom is -0.463 e. The van der Waals surface area contributed by atoms with Crippen LogP contribution in [0, 0.1) is 0 Å². The highest BCUT2D eigenvalue weighted by molar-refractivity contribution is 5.88. The van der Waals surface area contributed by atoms with Crippen molar-refractivity contribution in [3.05, 3.63) is 12.2 Å². The predicted molar refractivity (Wildman–Crippen MR) is 64.4 cm³/mol. The lowest BCUT2D eigenvalue weighted by Gasteiger charge is -2.16. The van der Waals surface area contributed by atoms with Crippen LogP contribution in [-0.4, -0.2) is 49.6 Å². The normalized spacial score (nSPS) is 14.5. The Balaban J connectivity index is 2.22. The van der Waals surface area contributed by atoms with Crippen molar-refractivity contribution in [1.29, 1.82) is 0 Å². The first kappa shape index (κ1) is 13.7. The van der Waals surface area contributed by atoms with Gasteiger partial charge >= 0.3 is 5.97 Å². The standard InChI is InChI=1S/C12H20N2O3/c1-4-17-12(16)9(2)7-14(3)8-11(15)13-10-5-6-10/h10H,2,4-8H2,1,3H3,(H,13,15). The summed E-state index contributed by atoms with van der Waals surface area (Å²) >= 11 is 0. The molecule has 0 aliphatic heterocycles. The molecule has 1 fully saturated rings. The molecule has 0 bridgehead atoms. The Hall–Kier alpha value is -1.36. The van der Waals surface area contributed by atoms with Crippen molar-refractivity contribution < 1.29 is 14.3 Å². The molecule has 0 heterocycles. The van der Waals surface area contributed by atoms with E-state index in [0.717, 1.165) is 12.8 Å². The van der Waals surface area contributed by atoms with Crippen molar-refractivity contribution >= 4 is 11.9 Å². The zero-order valence-corrected chi connectivity index (χ0v) is 10.5. The highest BCUT2D eigenvalue weighted by atomic mass is 16.5. The molecule has 5 nitrogen and oxygen atoms in total. The molecule has 1 rings (SSSR count). The van der Waals surface area contributed by atoms with Crippen molar-refractivity contribution in [3.63, 3.8) is 0 Å². The summed E-state index contributed by atoms with van der Waals surface area (Å²) in [4.78, 5) is 24.5. The molecular formula is C12H20N2O3. The molecule has 0 spiro atoms. The van der Waals surface area contributed by atoms with Crippen LogP contribution in [0.5, 0.6) is 0 Å². The Morgan fingerprint density at radius 2 is 2.06 bits per heavy atom. The van der Waals surface area contributed by atoms with Crippen LogP contribution >= 0.6 is 0 Å². The third-order valence-electron chi connectivity index (χ3n) is 2.38. The maximum Gasteiger partial charge on any atom is 0.334 e. The van der Waals surface area contributed by atoms with Gasteiger partial charge in [-0.25, -0.2) is 4.79 Å². The van der Waals surface area contributed by atoms with Gasteiger partial charge in [-0.05, 0) is 26.8 Å². The molecule has 0 radical (unpaired) electrons. The molecule has 17 heavy (non-hydrogen) atoms. The molecule has 96 valence electrons. The Labute approximate surface area is 102 Å². The molecule has 1 saturated carbocycles. The lowest BCUT2D eigenvalue weighted by atomic mass is 10.3. The number of nitrogens with zero attached hydrogens (tertiary/aromatic N) is 1. The maximum absolute atomic E-state index is 11.5. The highest BCUT2D eigenvalue weighted by Gasteiger charge is 2.23. The van der Waals surface area contributed by atoms with E-state index in [1.165, 1.54) is 0 Å². The lowest BCUT2D eigenvalue weighted by Crippen LogP contribution is -2.37. The number of amides is 1. The van der Waals surface area contributed by atoms with E-state index in [1.54, 1.807) is 18.9 Å². The number of carbonyl (C=O) groups is 2. The summed E-state index contributed by atoms with van der Waals surface area (Å²) in [7, 11) is 1.77. The number of esters is 1. The van der Waals surface area contributed by atoms with Gasteiger partial charge in [-0.2, -0.15) is 0 Å². The van der Waals surface area contributed by atoms with Gasteiger partial charge in [0, 0.05) is 18.2 Å². The van der Waals surface area contributed by atoms with E-state index in [-0.39, 0.29) is 12.5 Å². The fourth-order valence-corrected chi connectivity index (χ4v) is 1.43. The Bertz CT molecular complexity index is 311. The van der Waals surface area contributed by atoms with Crippen LogP contribution in [0.3, 0.4) is 0 Å². The quantitative estimate of drug-likeness (QED) is 0.514. The molecular weight excluding hydrogens is 220 g/mol. The summed E-state index contributed by atoms with van der Waals surface area (Å²) in [6, 6.07) is 0.365. The summed E-state index contributed by atoms with van der Waals surface area (Å²) in [5.41, 5.74) is 0.369. The topological polar surface area (TPSA) is 58.6 Å². The van der Waals surface area contributed by atoms with E-state index >= 15 is 0 Å². The highest BCUT2D eigenvalue weighted by Crippen LogP contribution is 2.18. The van der Waals surface area contributed by atoms with Gasteiger partial charge in [0.2, 0.25) is 5.91 Å². The molecule has 0 aromatic carbocycles. The number of rotatable bonds is 7. The molecule has 0 unspecified atom stereocenters. The fraction of sp³-hybridized carbons (Fsp3) is 0.667. The van der Waals surface area contributed by atoms with Crippen LogP contribution in [0.1, 0.15) is 19.8 Å². The van der Waals surface area contributed by atoms with Crippen molar-refractivity contribution in [2.45, 2.75) is 25.8 Å². The van der Waals surface area contributed by atoms with E-state index < -0.39 is 5.97 Å². The summed E-state index contributed by atoms with van der Waals surface area (Å²) in [6.07, 6.45) is 2.15. The fourth-order valence-electron chi connectivity index (χ4n) is 1.43. The van der Waals surface area contributed by atoms with Gasteiger partial charge in [0.1, 0.15) is 0 Å². The lowest BCUT2D eigenvalue weighted by molar-refractivity contribution is -0.139. The predicted octanol–water partition coefficient (Wildman–Crippen LogP) is 0.316. The van der Waals surface area contributed by atoms with Gasteiger partial charge in [-0.1, -0.05) is 6.58 Å². The van der Waals surface area contributed by atoms with Gasteiger partial charge in [0.15, 0.2) is 0 Å². The first-order chi connectivity index (χ1) is 8.02. The van der Waals surface area contributed by atoms with E-state index in [2.05, 4.69) is 11.9 Å². The van der Waals surface area contributed by atoms with Crippen molar-refractivity contribution in [2.75, 3.05) is 26.7 Å². The van der Waals surface area contributed by atoms with E-state index in [1.807, 2.05) is 0 Å². The zero-order chi connectivity index (χ0) is 12.8. The third kappa shape index (κ3) is 5.49. The van der Waals surface area contributed by atoms with Gasteiger partial charge in [-0.15, -0.1) is 0 Å². The first-order valence-corrected chi connectivity index (χ1v) is 5.85. The van der Waals surface area contributed by atoms with Crippen LogP contribution in [0.2, 0.25) is 0 Å². The average molecular weight is 240 g/mol. The van der Waals surface area contributed by atoms with Crippen LogP contribution in [0.25, 0.3) is 0 Å². The summed E-state index contributed by atoms with van der Waals surface area (Å²) in [5.74, 6) is -0.409. The minimum atomic E-state index is -0.401. The van der Waals surface area contributed by atoms with E-state index in [4.69, 9.17) is 4.74 Å². The molecule has 0 saturated heterocycles. The van der Waals surface area contributed by atoms with Crippen LogP contribution in [0.4, 0.5) is 0 Å². The van der Waals surface area contributed by atoms with Gasteiger partial charge in [0.25, 0.3) is 0 Å². The first-order valence-electron chi connectivity index (χ1n) is 5.85. The van der Waals surface area contributed by atoms with Crippen LogP contribution < -0.4 is 5.32 Å². The minimum absolute atomic E-state index is 0.00772. The number of hydrogen-bond donors (Lipinski definition) is 1. The second-order valence-corrected chi connectivity index (χ2v) is 4.34. The summed E-state index contributed by atoms with van der Waals surface area (Å²) in [6.45, 7) is 6.35. The Morgan fingerprint density at radius 1 is 1.41 bits per heavy atom. The second kappa shape index (κ2) is 6.39. The summed E-state index contributed by atoms with van der Waals surface area (Å²) in [5, 5.41) is 2.89. The zero-order valence-electron chi connectivity index (χ0n) is 10.5. The summed E-state index contributed by atoms with van der Waals surface area (Å²) < 4.78 is 4.82. The van der Waals surface area contributed by atoms with Gasteiger partial charge in [0.05, 0.1) is 13.2 Å². The van der Waals surface area contributed by atoms with Gasteiger partial charge < -0.3 is 10.1 Å². The number of ether oxygens (including phenoxy) is 1. The molecule has 0 aromatic rings. The molecule has 1 amide bonds. The molecule has 1 aliphatic rings.